The van der Waals surface area contributed by atoms with Gasteiger partial charge in [0.2, 0.25) is 0 Å². The molecule has 2 heterocycles. The molecule has 0 saturated heterocycles. The van der Waals surface area contributed by atoms with Crippen LogP contribution in [0, 0.1) is 0 Å². The molecule has 0 radical (unpaired) electrons. The van der Waals surface area contributed by atoms with Crippen LogP contribution in [0.5, 0.6) is 0 Å². The Labute approximate surface area is 133 Å². The molecule has 0 saturated carbocycles. The topological polar surface area (TPSA) is 55.0 Å². The van der Waals surface area contributed by atoms with Crippen molar-refractivity contribution in [2.45, 2.75) is 38.8 Å². The molecule has 2 N–H and O–H groups in total. The third-order valence-corrected chi connectivity index (χ3v) is 3.74. The maximum atomic E-state index is 5.55. The fraction of sp³-hybridized carbons (Fsp3) is 0.444. The van der Waals surface area contributed by atoms with Crippen molar-refractivity contribution >= 4 is 0 Å². The van der Waals surface area contributed by atoms with Crippen molar-refractivity contribution in [3.05, 3.63) is 60.2 Å². The van der Waals surface area contributed by atoms with E-state index in [4.69, 9.17) is 5.73 Å². The lowest BCUT2D eigenvalue weighted by Crippen LogP contribution is -2.24. The second-order valence-corrected chi connectivity index (χ2v) is 5.62. The lowest BCUT2D eigenvalue weighted by Gasteiger charge is -2.22. The molecule has 0 amide bonds. The van der Waals surface area contributed by atoms with Gasteiger partial charge in [0.1, 0.15) is 0 Å². The van der Waals surface area contributed by atoms with E-state index < -0.39 is 0 Å². The first kappa shape index (κ1) is 16.6. The number of hydrogen-bond donors (Lipinski definition) is 1. The Kier molecular flexibility index (Phi) is 7.56. The number of nitrogens with zero attached hydrogens (tertiary/aromatic N) is 3. The predicted molar refractivity (Wildman–Crippen MR) is 90.1 cm³/mol. The highest BCUT2D eigenvalue weighted by molar-refractivity contribution is 5.12. The summed E-state index contributed by atoms with van der Waals surface area (Å²) < 4.78 is 0. The van der Waals surface area contributed by atoms with Gasteiger partial charge in [0.25, 0.3) is 0 Å². The molecule has 0 aliphatic heterocycles. The highest BCUT2D eigenvalue weighted by Crippen LogP contribution is 2.11. The lowest BCUT2D eigenvalue weighted by atomic mass is 10.1. The molecule has 2 aromatic rings. The van der Waals surface area contributed by atoms with Gasteiger partial charge in [-0.05, 0) is 61.3 Å². The van der Waals surface area contributed by atoms with Crippen LogP contribution >= 0.6 is 0 Å². The molecule has 0 unspecified atom stereocenters. The van der Waals surface area contributed by atoms with Crippen molar-refractivity contribution in [3.63, 3.8) is 0 Å². The fourth-order valence-corrected chi connectivity index (χ4v) is 2.54. The zero-order valence-electron chi connectivity index (χ0n) is 13.2. The summed E-state index contributed by atoms with van der Waals surface area (Å²) in [7, 11) is 0. The molecule has 2 rings (SSSR count). The van der Waals surface area contributed by atoms with Gasteiger partial charge in [0.05, 0.1) is 0 Å². The Morgan fingerprint density at radius 1 is 0.727 bits per heavy atom. The van der Waals surface area contributed by atoms with Gasteiger partial charge in [-0.25, -0.2) is 0 Å². The second kappa shape index (κ2) is 10.0. The van der Waals surface area contributed by atoms with E-state index in [2.05, 4.69) is 39.1 Å². The Hall–Kier alpha value is -1.78. The molecule has 0 aliphatic carbocycles. The number of nitrogens with two attached hydrogens (primary N) is 1. The van der Waals surface area contributed by atoms with Gasteiger partial charge in [0, 0.05) is 37.9 Å². The highest BCUT2D eigenvalue weighted by atomic mass is 15.1. The number of unbranched alkanes of at least 4 members (excludes halogenated alkanes) is 3. The molecule has 0 bridgehead atoms. The van der Waals surface area contributed by atoms with Crippen LogP contribution in [0.4, 0.5) is 0 Å². The van der Waals surface area contributed by atoms with Crippen molar-refractivity contribution in [2.24, 2.45) is 5.73 Å². The summed E-state index contributed by atoms with van der Waals surface area (Å²) in [6.45, 7) is 3.83. The fourth-order valence-electron chi connectivity index (χ4n) is 2.54. The molecule has 4 nitrogen and oxygen atoms in total. The summed E-state index contributed by atoms with van der Waals surface area (Å²) in [6, 6.07) is 8.36. The third-order valence-electron chi connectivity index (χ3n) is 3.74. The van der Waals surface area contributed by atoms with E-state index in [1.54, 1.807) is 0 Å². The zero-order chi connectivity index (χ0) is 15.5. The molecular formula is C18H26N4. The van der Waals surface area contributed by atoms with Gasteiger partial charge in [-0.2, -0.15) is 0 Å². The molecule has 22 heavy (non-hydrogen) atoms. The van der Waals surface area contributed by atoms with E-state index in [1.165, 1.54) is 30.4 Å². The largest absolute Gasteiger partial charge is 0.330 e. The Balaban J connectivity index is 1.88. The summed E-state index contributed by atoms with van der Waals surface area (Å²) >= 11 is 0. The van der Waals surface area contributed by atoms with Crippen LogP contribution in [0.3, 0.4) is 0 Å². The second-order valence-electron chi connectivity index (χ2n) is 5.62. The summed E-state index contributed by atoms with van der Waals surface area (Å²) in [5.41, 5.74) is 8.17. The minimum atomic E-state index is 0.803. The highest BCUT2D eigenvalue weighted by Gasteiger charge is 2.07. The molecule has 118 valence electrons. The van der Waals surface area contributed by atoms with Crippen LogP contribution in [0.15, 0.2) is 49.1 Å². The van der Waals surface area contributed by atoms with Crippen molar-refractivity contribution in [1.29, 1.82) is 0 Å². The van der Waals surface area contributed by atoms with Crippen molar-refractivity contribution < 1.29 is 0 Å². The van der Waals surface area contributed by atoms with Gasteiger partial charge < -0.3 is 5.73 Å². The first-order valence-corrected chi connectivity index (χ1v) is 8.08. The predicted octanol–water partition coefficient (Wildman–Crippen LogP) is 3.00. The maximum Gasteiger partial charge on any atom is 0.0271 e. The average molecular weight is 298 g/mol. The van der Waals surface area contributed by atoms with E-state index in [0.717, 1.165) is 32.6 Å². The molecule has 0 atom stereocenters. The van der Waals surface area contributed by atoms with Crippen molar-refractivity contribution in [1.82, 2.24) is 14.9 Å². The summed E-state index contributed by atoms with van der Waals surface area (Å²) in [4.78, 5) is 10.7. The lowest BCUT2D eigenvalue weighted by molar-refractivity contribution is 0.250. The minimum absolute atomic E-state index is 0.803. The molecular weight excluding hydrogens is 272 g/mol. The summed E-state index contributed by atoms with van der Waals surface area (Å²) in [5.74, 6) is 0. The Morgan fingerprint density at radius 2 is 1.23 bits per heavy atom. The molecule has 0 aliphatic rings. The number of rotatable bonds is 10. The van der Waals surface area contributed by atoms with Gasteiger partial charge in [-0.15, -0.1) is 0 Å². The van der Waals surface area contributed by atoms with Crippen LogP contribution < -0.4 is 5.73 Å². The van der Waals surface area contributed by atoms with Crippen LogP contribution in [0.2, 0.25) is 0 Å². The van der Waals surface area contributed by atoms with E-state index in [1.807, 2.05) is 24.8 Å². The quantitative estimate of drug-likeness (QED) is 0.685. The van der Waals surface area contributed by atoms with Gasteiger partial charge in [0.15, 0.2) is 0 Å². The molecule has 4 heteroatoms. The van der Waals surface area contributed by atoms with E-state index >= 15 is 0 Å². The number of aromatic nitrogens is 2. The first-order valence-electron chi connectivity index (χ1n) is 8.08. The summed E-state index contributed by atoms with van der Waals surface area (Å²) in [5, 5.41) is 0. The zero-order valence-corrected chi connectivity index (χ0v) is 13.2. The van der Waals surface area contributed by atoms with Crippen LogP contribution in [0.1, 0.15) is 36.8 Å². The van der Waals surface area contributed by atoms with Crippen molar-refractivity contribution in [2.75, 3.05) is 13.1 Å². The van der Waals surface area contributed by atoms with Gasteiger partial charge in [-0.3, -0.25) is 14.9 Å². The SMILES string of the molecule is NCCCCCCN(Cc1ccncc1)Cc1ccncc1. The van der Waals surface area contributed by atoms with E-state index in [-0.39, 0.29) is 0 Å². The number of hydrogen-bond acceptors (Lipinski definition) is 4. The number of pyridine rings is 2. The average Bonchev–Trinajstić information content (AvgIpc) is 2.56. The Bertz CT molecular complexity index is 460. The summed E-state index contributed by atoms with van der Waals surface area (Å²) in [6.07, 6.45) is 12.3. The van der Waals surface area contributed by atoms with E-state index in [0.29, 0.717) is 0 Å². The normalized spacial score (nSPS) is 11.0. The minimum Gasteiger partial charge on any atom is -0.330 e. The standard InChI is InChI=1S/C18H26N4/c19-9-3-1-2-4-14-22(15-17-5-10-20-11-6-17)16-18-7-12-21-13-8-18/h5-8,10-13H,1-4,9,14-16,19H2. The smallest absolute Gasteiger partial charge is 0.0271 e. The maximum absolute atomic E-state index is 5.55. The van der Waals surface area contributed by atoms with Crippen molar-refractivity contribution in [3.8, 4) is 0 Å². The molecule has 2 aromatic heterocycles. The van der Waals surface area contributed by atoms with Crippen LogP contribution in [0.25, 0.3) is 0 Å². The van der Waals surface area contributed by atoms with E-state index in [9.17, 15) is 0 Å². The van der Waals surface area contributed by atoms with Crippen LogP contribution in [-0.4, -0.2) is 28.0 Å². The third kappa shape index (κ3) is 6.33. The van der Waals surface area contributed by atoms with Gasteiger partial charge >= 0.3 is 0 Å². The molecule has 0 spiro atoms. The van der Waals surface area contributed by atoms with Gasteiger partial charge in [-0.1, -0.05) is 12.8 Å². The van der Waals surface area contributed by atoms with Crippen LogP contribution in [-0.2, 0) is 13.1 Å². The first-order chi connectivity index (χ1) is 10.9. The Morgan fingerprint density at radius 3 is 1.73 bits per heavy atom. The molecule has 0 aromatic carbocycles. The monoisotopic (exact) mass is 298 g/mol. The molecule has 0 fully saturated rings.